The Kier molecular flexibility index (Phi) is 8.11. The highest BCUT2D eigenvalue weighted by Crippen LogP contribution is 2.30. The van der Waals surface area contributed by atoms with E-state index in [2.05, 4.69) is 22.8 Å². The van der Waals surface area contributed by atoms with Gasteiger partial charge in [0.15, 0.2) is 9.84 Å². The van der Waals surface area contributed by atoms with E-state index in [9.17, 15) is 13.2 Å². The second kappa shape index (κ2) is 11.0. The van der Waals surface area contributed by atoms with Gasteiger partial charge in [0.1, 0.15) is 0 Å². The average Bonchev–Trinajstić information content (AvgIpc) is 2.79. The summed E-state index contributed by atoms with van der Waals surface area (Å²) >= 11 is 0. The molecule has 3 aromatic rings. The van der Waals surface area contributed by atoms with Gasteiger partial charge in [-0.2, -0.15) is 0 Å². The van der Waals surface area contributed by atoms with Crippen LogP contribution in [0.1, 0.15) is 18.4 Å². The number of hydrogen-bond donors (Lipinski definition) is 2. The van der Waals surface area contributed by atoms with Crippen molar-refractivity contribution in [2.45, 2.75) is 24.2 Å². The standard InChI is InChI=1S/C25H31N3O3S/c1-28(2)23-15-6-14-22-21(23)13-7-16-24(22)32(30,31)19-9-18-27-25(29)26-17-8-12-20-10-4-3-5-11-20/h3-7,10-11,13-16H,8-9,12,17-19H2,1-2H3,(H2,26,27,29). The van der Waals surface area contributed by atoms with Gasteiger partial charge in [0, 0.05) is 43.6 Å². The van der Waals surface area contributed by atoms with Crippen LogP contribution in [0.3, 0.4) is 0 Å². The Labute approximate surface area is 190 Å². The van der Waals surface area contributed by atoms with Crippen LogP contribution in [-0.2, 0) is 16.3 Å². The molecule has 0 heterocycles. The Morgan fingerprint density at radius 2 is 1.47 bits per heavy atom. The van der Waals surface area contributed by atoms with Gasteiger partial charge < -0.3 is 15.5 Å². The summed E-state index contributed by atoms with van der Waals surface area (Å²) in [6.45, 7) is 0.876. The van der Waals surface area contributed by atoms with Gasteiger partial charge in [-0.15, -0.1) is 0 Å². The third kappa shape index (κ3) is 6.23. The van der Waals surface area contributed by atoms with Crippen molar-refractivity contribution in [1.82, 2.24) is 10.6 Å². The highest BCUT2D eigenvalue weighted by Gasteiger charge is 2.18. The molecular formula is C25H31N3O3S. The fraction of sp³-hybridized carbons (Fsp3) is 0.320. The van der Waals surface area contributed by atoms with Crippen LogP contribution in [0.25, 0.3) is 10.8 Å². The van der Waals surface area contributed by atoms with E-state index >= 15 is 0 Å². The van der Waals surface area contributed by atoms with Crippen LogP contribution < -0.4 is 15.5 Å². The third-order valence-electron chi connectivity index (χ3n) is 5.32. The molecule has 6 nitrogen and oxygen atoms in total. The number of nitrogens with zero attached hydrogens (tertiary/aromatic N) is 1. The minimum Gasteiger partial charge on any atom is -0.377 e. The number of urea groups is 1. The molecule has 0 saturated carbocycles. The van der Waals surface area contributed by atoms with Crippen molar-refractivity contribution >= 4 is 32.3 Å². The number of fused-ring (bicyclic) bond motifs is 1. The van der Waals surface area contributed by atoms with Crippen LogP contribution in [0, 0.1) is 0 Å². The zero-order chi connectivity index (χ0) is 23.0. The van der Waals surface area contributed by atoms with Crippen molar-refractivity contribution in [3.05, 3.63) is 72.3 Å². The minimum absolute atomic E-state index is 0.0212. The number of carbonyl (C=O) groups is 1. The van der Waals surface area contributed by atoms with Crippen LogP contribution in [-0.4, -0.2) is 47.4 Å². The van der Waals surface area contributed by atoms with E-state index in [1.807, 2.05) is 61.5 Å². The molecule has 3 aromatic carbocycles. The Balaban J connectivity index is 1.47. The fourth-order valence-electron chi connectivity index (χ4n) is 3.70. The number of anilines is 1. The van der Waals surface area contributed by atoms with Crippen molar-refractivity contribution in [1.29, 1.82) is 0 Å². The van der Waals surface area contributed by atoms with Crippen molar-refractivity contribution in [2.24, 2.45) is 0 Å². The van der Waals surface area contributed by atoms with Gasteiger partial charge in [-0.1, -0.05) is 54.6 Å². The lowest BCUT2D eigenvalue weighted by atomic mass is 10.1. The Bertz CT molecular complexity index is 1150. The van der Waals surface area contributed by atoms with E-state index < -0.39 is 9.84 Å². The van der Waals surface area contributed by atoms with E-state index in [-0.39, 0.29) is 11.8 Å². The van der Waals surface area contributed by atoms with E-state index in [0.717, 1.165) is 29.3 Å². The highest BCUT2D eigenvalue weighted by molar-refractivity contribution is 7.91. The van der Waals surface area contributed by atoms with Crippen molar-refractivity contribution < 1.29 is 13.2 Å². The molecule has 170 valence electrons. The second-order valence-corrected chi connectivity index (χ2v) is 10.0. The first-order valence-corrected chi connectivity index (χ1v) is 12.5. The lowest BCUT2D eigenvalue weighted by Gasteiger charge is -2.17. The lowest BCUT2D eigenvalue weighted by molar-refractivity contribution is 0.241. The average molecular weight is 454 g/mol. The van der Waals surface area contributed by atoms with Gasteiger partial charge in [0.2, 0.25) is 0 Å². The number of rotatable bonds is 10. The number of sulfone groups is 1. The predicted molar refractivity (Wildman–Crippen MR) is 131 cm³/mol. The van der Waals surface area contributed by atoms with Crippen LogP contribution in [0.4, 0.5) is 10.5 Å². The third-order valence-corrected chi connectivity index (χ3v) is 7.17. The summed E-state index contributed by atoms with van der Waals surface area (Å²) in [5.41, 5.74) is 2.22. The largest absolute Gasteiger partial charge is 0.377 e. The molecule has 2 amide bonds. The fourth-order valence-corrected chi connectivity index (χ4v) is 5.24. The number of nitrogens with one attached hydrogen (secondary N) is 2. The first-order chi connectivity index (χ1) is 15.4. The van der Waals surface area contributed by atoms with Crippen LogP contribution in [0.2, 0.25) is 0 Å². The molecule has 0 aromatic heterocycles. The number of benzene rings is 3. The first kappa shape index (κ1) is 23.6. The molecule has 0 fully saturated rings. The zero-order valence-electron chi connectivity index (χ0n) is 18.7. The molecule has 2 N–H and O–H groups in total. The van der Waals surface area contributed by atoms with Gasteiger partial charge in [-0.3, -0.25) is 0 Å². The molecule has 7 heteroatoms. The maximum atomic E-state index is 13.0. The van der Waals surface area contributed by atoms with Gasteiger partial charge in [-0.05, 0) is 37.0 Å². The maximum absolute atomic E-state index is 13.0. The number of carbonyl (C=O) groups excluding carboxylic acids is 1. The monoisotopic (exact) mass is 453 g/mol. The zero-order valence-corrected chi connectivity index (χ0v) is 19.5. The summed E-state index contributed by atoms with van der Waals surface area (Å²) in [6.07, 6.45) is 2.10. The summed E-state index contributed by atoms with van der Waals surface area (Å²) in [5.74, 6) is -0.0212. The molecule has 3 rings (SSSR count). The highest BCUT2D eigenvalue weighted by atomic mass is 32.2. The normalized spacial score (nSPS) is 11.3. The maximum Gasteiger partial charge on any atom is 0.314 e. The van der Waals surface area contributed by atoms with Crippen molar-refractivity contribution in [3.8, 4) is 0 Å². The first-order valence-electron chi connectivity index (χ1n) is 10.9. The molecule has 0 aliphatic heterocycles. The van der Waals surface area contributed by atoms with E-state index in [0.29, 0.717) is 24.4 Å². The van der Waals surface area contributed by atoms with E-state index in [4.69, 9.17) is 0 Å². The summed E-state index contributed by atoms with van der Waals surface area (Å²) in [6, 6.07) is 20.9. The SMILES string of the molecule is CN(C)c1cccc2c(S(=O)(=O)CCCNC(=O)NCCCc3ccccc3)cccc12. The number of hydrogen-bond acceptors (Lipinski definition) is 4. The van der Waals surface area contributed by atoms with Gasteiger partial charge >= 0.3 is 6.03 Å². The van der Waals surface area contributed by atoms with Crippen LogP contribution in [0.5, 0.6) is 0 Å². The second-order valence-electron chi connectivity index (χ2n) is 7.97. The molecule has 0 unspecified atom stereocenters. The number of aryl methyl sites for hydroxylation is 1. The molecule has 0 aliphatic rings. The summed E-state index contributed by atoms with van der Waals surface area (Å²) in [5, 5.41) is 7.20. The van der Waals surface area contributed by atoms with Crippen molar-refractivity contribution in [3.63, 3.8) is 0 Å². The Morgan fingerprint density at radius 3 is 2.19 bits per heavy atom. The summed E-state index contributed by atoms with van der Waals surface area (Å²) in [7, 11) is 0.409. The molecule has 0 radical (unpaired) electrons. The minimum atomic E-state index is -3.47. The van der Waals surface area contributed by atoms with Gasteiger partial charge in [-0.25, -0.2) is 13.2 Å². The molecule has 0 saturated heterocycles. The van der Waals surface area contributed by atoms with Crippen LogP contribution in [0.15, 0.2) is 71.6 Å². The molecule has 0 aliphatic carbocycles. The van der Waals surface area contributed by atoms with Gasteiger partial charge in [0.25, 0.3) is 0 Å². The molecule has 0 atom stereocenters. The van der Waals surface area contributed by atoms with Crippen molar-refractivity contribution in [2.75, 3.05) is 37.8 Å². The van der Waals surface area contributed by atoms with Gasteiger partial charge in [0.05, 0.1) is 10.6 Å². The molecule has 32 heavy (non-hydrogen) atoms. The lowest BCUT2D eigenvalue weighted by Crippen LogP contribution is -2.37. The Hall–Kier alpha value is -3.06. The smallest absolute Gasteiger partial charge is 0.314 e. The molecule has 0 spiro atoms. The molecular weight excluding hydrogens is 422 g/mol. The number of amides is 2. The van der Waals surface area contributed by atoms with E-state index in [1.165, 1.54) is 5.56 Å². The summed E-state index contributed by atoms with van der Waals surface area (Å²) in [4.78, 5) is 14.3. The molecule has 0 bridgehead atoms. The summed E-state index contributed by atoms with van der Waals surface area (Å²) < 4.78 is 26.0. The Morgan fingerprint density at radius 1 is 0.812 bits per heavy atom. The quantitative estimate of drug-likeness (QED) is 0.455. The van der Waals surface area contributed by atoms with E-state index in [1.54, 1.807) is 12.1 Å². The van der Waals surface area contributed by atoms with Crippen LogP contribution >= 0.6 is 0 Å². The topological polar surface area (TPSA) is 78.5 Å². The predicted octanol–water partition coefficient (Wildman–Crippen LogP) is 4.00.